The molecule has 1 N–H and O–H groups in total. The topological polar surface area (TPSA) is 62.2 Å². The van der Waals surface area contributed by atoms with Crippen LogP contribution in [0.5, 0.6) is 17.2 Å². The van der Waals surface area contributed by atoms with Gasteiger partial charge in [-0.3, -0.25) is 9.69 Å². The molecule has 1 fully saturated rings. The Morgan fingerprint density at radius 2 is 1.72 bits per heavy atom. The van der Waals surface area contributed by atoms with Crippen molar-refractivity contribution < 1.29 is 19.4 Å². The number of carbonyl (C=O) groups excluding carboxylic acids is 1. The Morgan fingerprint density at radius 3 is 2.31 bits per heavy atom. The van der Waals surface area contributed by atoms with E-state index in [9.17, 15) is 9.90 Å². The summed E-state index contributed by atoms with van der Waals surface area (Å²) in [6.07, 6.45) is 3.27. The lowest BCUT2D eigenvalue weighted by Crippen LogP contribution is -2.47. The summed E-state index contributed by atoms with van der Waals surface area (Å²) in [6.45, 7) is 6.13. The fourth-order valence-corrected chi connectivity index (χ4v) is 3.48. The number of aromatic hydroxyl groups is 1. The van der Waals surface area contributed by atoms with Crippen molar-refractivity contribution in [1.29, 1.82) is 0 Å². The first-order valence-corrected chi connectivity index (χ1v) is 9.70. The summed E-state index contributed by atoms with van der Waals surface area (Å²) in [7, 11) is 2.95. The zero-order valence-corrected chi connectivity index (χ0v) is 17.2. The van der Waals surface area contributed by atoms with Crippen LogP contribution in [0, 0.1) is 6.92 Å². The van der Waals surface area contributed by atoms with Gasteiger partial charge in [0, 0.05) is 38.8 Å². The van der Waals surface area contributed by atoms with Gasteiger partial charge in [-0.25, -0.2) is 0 Å². The first-order valence-electron chi connectivity index (χ1n) is 9.70. The predicted molar refractivity (Wildman–Crippen MR) is 113 cm³/mol. The Balaban J connectivity index is 1.57. The second kappa shape index (κ2) is 9.47. The van der Waals surface area contributed by atoms with E-state index in [0.29, 0.717) is 24.6 Å². The molecule has 0 unspecified atom stereocenters. The first-order chi connectivity index (χ1) is 14.0. The van der Waals surface area contributed by atoms with Crippen molar-refractivity contribution in [2.45, 2.75) is 13.5 Å². The van der Waals surface area contributed by atoms with E-state index in [4.69, 9.17) is 9.47 Å². The maximum atomic E-state index is 12.6. The van der Waals surface area contributed by atoms with E-state index in [2.05, 4.69) is 36.1 Å². The van der Waals surface area contributed by atoms with Gasteiger partial charge in [0.05, 0.1) is 14.2 Å². The van der Waals surface area contributed by atoms with Gasteiger partial charge in [0.1, 0.15) is 0 Å². The average molecular weight is 396 g/mol. The molecule has 1 saturated heterocycles. The summed E-state index contributed by atoms with van der Waals surface area (Å²) in [5, 5.41) is 9.99. The van der Waals surface area contributed by atoms with Gasteiger partial charge in [-0.1, -0.05) is 29.8 Å². The summed E-state index contributed by atoms with van der Waals surface area (Å²) >= 11 is 0. The Hall–Kier alpha value is -2.99. The van der Waals surface area contributed by atoms with Crippen LogP contribution in [0.4, 0.5) is 0 Å². The lowest BCUT2D eigenvalue weighted by molar-refractivity contribution is -0.127. The molecular weight excluding hydrogens is 368 g/mol. The number of rotatable bonds is 6. The van der Waals surface area contributed by atoms with E-state index < -0.39 is 0 Å². The fourth-order valence-electron chi connectivity index (χ4n) is 3.48. The molecule has 3 rings (SSSR count). The molecule has 2 aromatic rings. The third-order valence-electron chi connectivity index (χ3n) is 5.09. The van der Waals surface area contributed by atoms with Crippen LogP contribution in [0.3, 0.4) is 0 Å². The van der Waals surface area contributed by atoms with Gasteiger partial charge in [0.25, 0.3) is 0 Å². The van der Waals surface area contributed by atoms with Crippen molar-refractivity contribution in [2.75, 3.05) is 40.4 Å². The van der Waals surface area contributed by atoms with E-state index in [1.807, 2.05) is 4.90 Å². The summed E-state index contributed by atoms with van der Waals surface area (Å²) in [4.78, 5) is 16.8. The number of piperazine rings is 1. The molecule has 0 saturated carbocycles. The molecule has 0 spiro atoms. The van der Waals surface area contributed by atoms with Gasteiger partial charge < -0.3 is 19.5 Å². The fraction of sp³-hybridized carbons (Fsp3) is 0.348. The first kappa shape index (κ1) is 20.7. The number of hydrogen-bond acceptors (Lipinski definition) is 5. The van der Waals surface area contributed by atoms with Gasteiger partial charge >= 0.3 is 0 Å². The number of phenols is 1. The molecule has 0 atom stereocenters. The lowest BCUT2D eigenvalue weighted by atomic mass is 10.1. The number of methoxy groups -OCH3 is 2. The maximum Gasteiger partial charge on any atom is 0.246 e. The van der Waals surface area contributed by atoms with E-state index in [1.165, 1.54) is 25.3 Å². The number of amides is 1. The van der Waals surface area contributed by atoms with Crippen LogP contribution in [0.2, 0.25) is 0 Å². The summed E-state index contributed by atoms with van der Waals surface area (Å²) in [5.41, 5.74) is 3.30. The second-order valence-corrected chi connectivity index (χ2v) is 7.20. The SMILES string of the molecule is COc1cc(/C=C\C(=O)N2CCN(Cc3cccc(C)c3)CC2)cc(OC)c1O. The summed E-state index contributed by atoms with van der Waals surface area (Å²) < 4.78 is 10.3. The average Bonchev–Trinajstić information content (AvgIpc) is 2.73. The normalized spacial score (nSPS) is 14.9. The minimum absolute atomic E-state index is 0.0220. The van der Waals surface area contributed by atoms with Crippen LogP contribution in [0.15, 0.2) is 42.5 Å². The Labute approximate surface area is 172 Å². The molecule has 0 bridgehead atoms. The van der Waals surface area contributed by atoms with E-state index in [1.54, 1.807) is 24.3 Å². The predicted octanol–water partition coefficient (Wildman–Crippen LogP) is 3.08. The van der Waals surface area contributed by atoms with Crippen molar-refractivity contribution in [3.63, 3.8) is 0 Å². The standard InChI is InChI=1S/C23H28N2O4/c1-17-5-4-6-19(13-17)16-24-9-11-25(12-10-24)22(26)8-7-18-14-20(28-2)23(27)21(15-18)29-3/h4-8,13-15,27H,9-12,16H2,1-3H3/b8-7-. The minimum atomic E-state index is -0.0526. The molecule has 154 valence electrons. The molecule has 6 heteroatoms. The Kier molecular flexibility index (Phi) is 6.77. The molecule has 1 aliphatic heterocycles. The zero-order chi connectivity index (χ0) is 20.8. The van der Waals surface area contributed by atoms with Gasteiger partial charge in [-0.15, -0.1) is 0 Å². The van der Waals surface area contributed by atoms with Crippen LogP contribution in [0.1, 0.15) is 16.7 Å². The monoisotopic (exact) mass is 396 g/mol. The van der Waals surface area contributed by atoms with Gasteiger partial charge in [0.15, 0.2) is 11.5 Å². The summed E-state index contributed by atoms with van der Waals surface area (Å²) in [5.74, 6) is 0.539. The quantitative estimate of drug-likeness (QED) is 0.761. The number of ether oxygens (including phenoxy) is 2. The highest BCUT2D eigenvalue weighted by molar-refractivity contribution is 5.92. The molecule has 1 amide bonds. The van der Waals surface area contributed by atoms with E-state index in [-0.39, 0.29) is 11.7 Å². The van der Waals surface area contributed by atoms with Crippen LogP contribution in [0.25, 0.3) is 6.08 Å². The number of hydrogen-bond donors (Lipinski definition) is 1. The minimum Gasteiger partial charge on any atom is -0.502 e. The highest BCUT2D eigenvalue weighted by Crippen LogP contribution is 2.37. The third kappa shape index (κ3) is 5.29. The molecule has 29 heavy (non-hydrogen) atoms. The Bertz CT molecular complexity index is 861. The highest BCUT2D eigenvalue weighted by Gasteiger charge is 2.19. The second-order valence-electron chi connectivity index (χ2n) is 7.20. The molecule has 1 aliphatic rings. The van der Waals surface area contributed by atoms with Crippen molar-refractivity contribution in [1.82, 2.24) is 9.80 Å². The van der Waals surface area contributed by atoms with Crippen LogP contribution >= 0.6 is 0 Å². The van der Waals surface area contributed by atoms with Crippen molar-refractivity contribution in [2.24, 2.45) is 0 Å². The van der Waals surface area contributed by atoms with Gasteiger partial charge in [-0.05, 0) is 36.3 Å². The lowest BCUT2D eigenvalue weighted by Gasteiger charge is -2.34. The molecular formula is C23H28N2O4. The van der Waals surface area contributed by atoms with Crippen molar-refractivity contribution in [3.05, 3.63) is 59.2 Å². The highest BCUT2D eigenvalue weighted by atomic mass is 16.5. The number of aryl methyl sites for hydroxylation is 1. The molecule has 0 aromatic heterocycles. The van der Waals surface area contributed by atoms with Crippen molar-refractivity contribution in [3.8, 4) is 17.2 Å². The smallest absolute Gasteiger partial charge is 0.246 e. The van der Waals surface area contributed by atoms with Crippen LogP contribution < -0.4 is 9.47 Å². The van der Waals surface area contributed by atoms with Crippen LogP contribution in [-0.4, -0.2) is 61.2 Å². The van der Waals surface area contributed by atoms with Gasteiger partial charge in [0.2, 0.25) is 11.7 Å². The number of benzene rings is 2. The Morgan fingerprint density at radius 1 is 1.07 bits per heavy atom. The molecule has 1 heterocycles. The van der Waals surface area contributed by atoms with Crippen LogP contribution in [-0.2, 0) is 11.3 Å². The van der Waals surface area contributed by atoms with Gasteiger partial charge in [-0.2, -0.15) is 0 Å². The maximum absolute atomic E-state index is 12.6. The van der Waals surface area contributed by atoms with E-state index in [0.717, 1.165) is 25.2 Å². The van der Waals surface area contributed by atoms with E-state index >= 15 is 0 Å². The number of carbonyl (C=O) groups is 1. The zero-order valence-electron chi connectivity index (χ0n) is 17.2. The summed E-state index contributed by atoms with van der Waals surface area (Å²) in [6, 6.07) is 11.9. The largest absolute Gasteiger partial charge is 0.502 e. The van der Waals surface area contributed by atoms with Crippen molar-refractivity contribution >= 4 is 12.0 Å². The number of nitrogens with zero attached hydrogens (tertiary/aromatic N) is 2. The molecule has 6 nitrogen and oxygen atoms in total. The molecule has 0 aliphatic carbocycles. The molecule has 2 aromatic carbocycles. The third-order valence-corrected chi connectivity index (χ3v) is 5.09. The number of phenolic OH excluding ortho intramolecular Hbond substituents is 1. The molecule has 0 radical (unpaired) electrons.